The number of aromatic nitrogens is 2. The molecule has 2 atom stereocenters. The van der Waals surface area contributed by atoms with Gasteiger partial charge in [-0.05, 0) is 36.6 Å². The third-order valence-electron chi connectivity index (χ3n) is 6.37. The minimum Gasteiger partial charge on any atom is -0.369 e. The number of rotatable bonds is 8. The molecule has 2 unspecified atom stereocenters. The number of urea groups is 1. The summed E-state index contributed by atoms with van der Waals surface area (Å²) >= 11 is 0. The normalized spacial score (nSPS) is 17.0. The number of amides is 3. The zero-order valence-electron chi connectivity index (χ0n) is 19.8. The van der Waals surface area contributed by atoms with Crippen molar-refractivity contribution in [1.82, 2.24) is 25.1 Å². The average molecular weight is 479 g/mol. The topological polar surface area (TPSA) is 105 Å². The number of nitrogens with two attached hydrogens (primary N) is 1. The van der Waals surface area contributed by atoms with E-state index in [4.69, 9.17) is 5.73 Å². The Kier molecular flexibility index (Phi) is 7.77. The van der Waals surface area contributed by atoms with E-state index in [0.29, 0.717) is 24.5 Å². The summed E-state index contributed by atoms with van der Waals surface area (Å²) in [5, 5.41) is 5.73. The molecule has 8 nitrogen and oxygen atoms in total. The van der Waals surface area contributed by atoms with Gasteiger partial charge < -0.3 is 20.9 Å². The lowest BCUT2D eigenvalue weighted by molar-refractivity contribution is -0.123. The molecular formula is C26H31FN6O2. The number of carbonyl (C=O) groups is 2. The lowest BCUT2D eigenvalue weighted by Gasteiger charge is -2.31. The summed E-state index contributed by atoms with van der Waals surface area (Å²) in [7, 11) is 1.80. The highest BCUT2D eigenvalue weighted by molar-refractivity contribution is 5.77. The van der Waals surface area contributed by atoms with Crippen LogP contribution < -0.4 is 16.4 Å². The standard InChI is InChI=1S/C26H31FN6O2/c1-32-13-11-29-25(32)23(21-9-2-3-10-22(21)27)31-26(35)30-15-18-6-4-7-19(14-18)16-33-12-5-8-20(17-33)24(28)34/h2-4,6-7,9-11,13-14,20,23H,5,8,12,15-17H2,1H3,(H2,28,34)(H2,30,31,35). The van der Waals surface area contributed by atoms with Crippen LogP contribution in [0.3, 0.4) is 0 Å². The third kappa shape index (κ3) is 6.24. The molecule has 3 aromatic rings. The van der Waals surface area contributed by atoms with Crippen LogP contribution in [-0.4, -0.2) is 39.5 Å². The molecule has 0 spiro atoms. The first-order valence-electron chi connectivity index (χ1n) is 11.8. The van der Waals surface area contributed by atoms with Gasteiger partial charge in [0.1, 0.15) is 17.7 Å². The van der Waals surface area contributed by atoms with Crippen molar-refractivity contribution in [3.05, 3.63) is 89.3 Å². The summed E-state index contributed by atoms with van der Waals surface area (Å²) in [5.41, 5.74) is 7.89. The largest absolute Gasteiger partial charge is 0.369 e. The number of primary amides is 1. The van der Waals surface area contributed by atoms with Crippen molar-refractivity contribution in [2.75, 3.05) is 13.1 Å². The summed E-state index contributed by atoms with van der Waals surface area (Å²) < 4.78 is 16.3. The minimum absolute atomic E-state index is 0.0987. The van der Waals surface area contributed by atoms with Crippen LogP contribution in [0.5, 0.6) is 0 Å². The highest BCUT2D eigenvalue weighted by atomic mass is 19.1. The fraction of sp³-hybridized carbons (Fsp3) is 0.346. The molecule has 9 heteroatoms. The van der Waals surface area contributed by atoms with Crippen LogP contribution in [0, 0.1) is 11.7 Å². The summed E-state index contributed by atoms with van der Waals surface area (Å²) in [4.78, 5) is 30.9. The van der Waals surface area contributed by atoms with Crippen LogP contribution >= 0.6 is 0 Å². The lowest BCUT2D eigenvalue weighted by Crippen LogP contribution is -2.40. The van der Waals surface area contributed by atoms with Crippen LogP contribution in [0.4, 0.5) is 9.18 Å². The van der Waals surface area contributed by atoms with Gasteiger partial charge in [-0.2, -0.15) is 0 Å². The van der Waals surface area contributed by atoms with E-state index >= 15 is 0 Å². The van der Waals surface area contributed by atoms with Crippen molar-refractivity contribution >= 4 is 11.9 Å². The van der Waals surface area contributed by atoms with E-state index in [1.165, 1.54) is 6.07 Å². The fourth-order valence-electron chi connectivity index (χ4n) is 4.54. The molecule has 184 valence electrons. The molecule has 1 aromatic heterocycles. The zero-order chi connectivity index (χ0) is 24.8. The van der Waals surface area contributed by atoms with Gasteiger partial charge in [-0.25, -0.2) is 14.2 Å². The molecule has 1 fully saturated rings. The Morgan fingerprint density at radius 1 is 1.20 bits per heavy atom. The number of hydrogen-bond donors (Lipinski definition) is 3. The van der Waals surface area contributed by atoms with Gasteiger partial charge in [-0.15, -0.1) is 0 Å². The third-order valence-corrected chi connectivity index (χ3v) is 6.37. The summed E-state index contributed by atoms with van der Waals surface area (Å²) in [6, 6.07) is 13.2. The van der Waals surface area contributed by atoms with Gasteiger partial charge in [0.15, 0.2) is 0 Å². The highest BCUT2D eigenvalue weighted by Gasteiger charge is 2.25. The predicted molar refractivity (Wildman–Crippen MR) is 130 cm³/mol. The van der Waals surface area contributed by atoms with Crippen molar-refractivity contribution in [3.8, 4) is 0 Å². The molecule has 1 aliphatic rings. The molecule has 0 bridgehead atoms. The van der Waals surface area contributed by atoms with E-state index < -0.39 is 17.9 Å². The van der Waals surface area contributed by atoms with Crippen molar-refractivity contribution in [1.29, 1.82) is 0 Å². The number of benzene rings is 2. The van der Waals surface area contributed by atoms with Crippen LogP contribution in [0.1, 0.15) is 41.4 Å². The van der Waals surface area contributed by atoms with Gasteiger partial charge in [0.05, 0.1) is 5.92 Å². The monoisotopic (exact) mass is 478 g/mol. The maximum Gasteiger partial charge on any atom is 0.315 e. The van der Waals surface area contributed by atoms with E-state index in [1.54, 1.807) is 42.2 Å². The van der Waals surface area contributed by atoms with E-state index in [2.05, 4.69) is 20.5 Å². The van der Waals surface area contributed by atoms with Gasteiger partial charge in [-0.1, -0.05) is 42.5 Å². The van der Waals surface area contributed by atoms with E-state index in [1.807, 2.05) is 24.3 Å². The van der Waals surface area contributed by atoms with Crippen LogP contribution in [-0.2, 0) is 24.9 Å². The number of likely N-dealkylation sites (tertiary alicyclic amines) is 1. The molecule has 4 N–H and O–H groups in total. The van der Waals surface area contributed by atoms with Gasteiger partial charge >= 0.3 is 6.03 Å². The molecule has 35 heavy (non-hydrogen) atoms. The molecular weight excluding hydrogens is 447 g/mol. The Hall–Kier alpha value is -3.72. The molecule has 1 saturated heterocycles. The SMILES string of the molecule is Cn1ccnc1C(NC(=O)NCc1cccc(CN2CCCC(C(N)=O)C2)c1)c1ccccc1F. The molecule has 3 amide bonds. The first-order chi connectivity index (χ1) is 16.9. The first-order valence-corrected chi connectivity index (χ1v) is 11.8. The molecule has 4 rings (SSSR count). The maximum absolute atomic E-state index is 14.5. The van der Waals surface area contributed by atoms with Crippen LogP contribution in [0.25, 0.3) is 0 Å². The van der Waals surface area contributed by atoms with Crippen LogP contribution in [0.15, 0.2) is 60.9 Å². The van der Waals surface area contributed by atoms with Crippen molar-refractivity contribution in [2.24, 2.45) is 18.7 Å². The Morgan fingerprint density at radius 3 is 2.74 bits per heavy atom. The quantitative estimate of drug-likeness (QED) is 0.463. The van der Waals surface area contributed by atoms with Crippen molar-refractivity contribution in [3.63, 3.8) is 0 Å². The first kappa shape index (κ1) is 24.4. The van der Waals surface area contributed by atoms with Gasteiger partial charge in [0.2, 0.25) is 5.91 Å². The smallest absolute Gasteiger partial charge is 0.315 e. The second kappa shape index (κ2) is 11.1. The number of halogens is 1. The number of aryl methyl sites for hydroxylation is 1. The van der Waals surface area contributed by atoms with Crippen molar-refractivity contribution < 1.29 is 14.0 Å². The van der Waals surface area contributed by atoms with E-state index in [-0.39, 0.29) is 11.8 Å². The number of nitrogens with zero attached hydrogens (tertiary/aromatic N) is 3. The lowest BCUT2D eigenvalue weighted by atomic mass is 9.97. The molecule has 2 heterocycles. The fourth-order valence-corrected chi connectivity index (χ4v) is 4.54. The Morgan fingerprint density at radius 2 is 2.00 bits per heavy atom. The second-order valence-electron chi connectivity index (χ2n) is 8.97. The van der Waals surface area contributed by atoms with Gasteiger partial charge in [0, 0.05) is 44.6 Å². The van der Waals surface area contributed by atoms with Gasteiger partial charge in [-0.3, -0.25) is 9.69 Å². The summed E-state index contributed by atoms with van der Waals surface area (Å²) in [6.45, 7) is 2.64. The minimum atomic E-state index is -0.736. The summed E-state index contributed by atoms with van der Waals surface area (Å²) in [6.07, 6.45) is 5.16. The molecule has 0 aliphatic carbocycles. The average Bonchev–Trinajstić information content (AvgIpc) is 3.28. The molecule has 1 aliphatic heterocycles. The van der Waals surface area contributed by atoms with Crippen LogP contribution in [0.2, 0.25) is 0 Å². The highest BCUT2D eigenvalue weighted by Crippen LogP contribution is 2.23. The Labute approximate surface area is 204 Å². The molecule has 2 aromatic carbocycles. The van der Waals surface area contributed by atoms with E-state index in [9.17, 15) is 14.0 Å². The zero-order valence-corrected chi connectivity index (χ0v) is 19.8. The molecule has 0 radical (unpaired) electrons. The number of hydrogen-bond acceptors (Lipinski definition) is 4. The number of imidazole rings is 1. The van der Waals surface area contributed by atoms with E-state index in [0.717, 1.165) is 37.1 Å². The number of nitrogens with one attached hydrogen (secondary N) is 2. The molecule has 0 saturated carbocycles. The second-order valence-corrected chi connectivity index (χ2v) is 8.97. The summed E-state index contributed by atoms with van der Waals surface area (Å²) in [5.74, 6) is -0.218. The Bertz CT molecular complexity index is 1180. The number of carbonyl (C=O) groups excluding carboxylic acids is 2. The predicted octanol–water partition coefficient (Wildman–Crippen LogP) is 2.85. The van der Waals surface area contributed by atoms with Gasteiger partial charge in [0.25, 0.3) is 0 Å². The number of piperidine rings is 1. The Balaban J connectivity index is 1.38. The maximum atomic E-state index is 14.5. The van der Waals surface area contributed by atoms with Crippen molar-refractivity contribution in [2.45, 2.75) is 32.0 Å².